The van der Waals surface area contributed by atoms with E-state index in [1.54, 1.807) is 0 Å². The normalized spacial score (nSPS) is 24.9. The molecule has 0 bridgehead atoms. The molecule has 2 fully saturated rings. The molecule has 7 unspecified atom stereocenters. The Kier molecular flexibility index (Phi) is 17.0. The molecular weight excluding hydrogens is 911 g/mol. The Morgan fingerprint density at radius 3 is 2.42 bits per heavy atom. The van der Waals surface area contributed by atoms with Crippen LogP contribution in [0.3, 0.4) is 0 Å². The number of amides is 2. The molecule has 7 atom stereocenters. The van der Waals surface area contributed by atoms with Crippen molar-refractivity contribution < 1.29 is 85.6 Å². The van der Waals surface area contributed by atoms with Gasteiger partial charge in [0.2, 0.25) is 11.8 Å². The topological polar surface area (TPSA) is 395 Å². The smallest absolute Gasteiger partial charge is 0.274 e. The van der Waals surface area contributed by atoms with Crippen LogP contribution in [0, 0.1) is 5.41 Å². The Hall–Kier alpha value is -1.78. The molecule has 31 heteroatoms. The molecule has 0 spiro atoms. The summed E-state index contributed by atoms with van der Waals surface area (Å²) in [6.07, 6.45) is -5.24. The molecule has 2 aliphatic rings. The number of nitrogen functional groups attached to an aromatic ring is 1. The zero-order valence-electron chi connectivity index (χ0n) is 31.4. The summed E-state index contributed by atoms with van der Waals surface area (Å²) in [4.78, 5) is 96.9. The first-order valence-corrected chi connectivity index (χ1v) is 24.6. The first-order valence-electron chi connectivity index (χ1n) is 17.3. The molecule has 25 nitrogen and oxygen atoms in total. The molecule has 0 saturated carbocycles. The summed E-state index contributed by atoms with van der Waals surface area (Å²) in [5.74, 6) is 0.156. The van der Waals surface area contributed by atoms with Crippen molar-refractivity contribution in [2.24, 2.45) is 5.41 Å². The zero-order valence-corrected chi connectivity index (χ0v) is 36.6. The Morgan fingerprint density at radius 2 is 1.76 bits per heavy atom. The number of carbonyl (C=O) groups excluding carboxylic acids is 3. The van der Waals surface area contributed by atoms with Gasteiger partial charge in [0, 0.05) is 30.7 Å². The number of fused-ring (bicyclic) bond motifs is 1. The number of hydrogen-bond donors (Lipinski definition) is 6. The number of aromatic nitrogens is 4. The highest BCUT2D eigenvalue weighted by Gasteiger charge is 2.55. The van der Waals surface area contributed by atoms with E-state index in [1.807, 2.05) is 0 Å². The number of thioether (sulfide) groups is 3. The second-order valence-electron chi connectivity index (χ2n) is 13.7. The Labute approximate surface area is 349 Å². The van der Waals surface area contributed by atoms with Crippen LogP contribution >= 0.6 is 58.8 Å². The van der Waals surface area contributed by atoms with E-state index in [9.17, 15) is 63.0 Å². The Balaban J connectivity index is 1.23. The molecule has 0 radical (unpaired) electrons. The number of phosphoric acid groups is 3. The van der Waals surface area contributed by atoms with Crippen LogP contribution in [0.25, 0.3) is 11.2 Å². The number of hydrogen-bond acceptors (Lipinski definition) is 25. The third kappa shape index (κ3) is 14.1. The third-order valence-corrected chi connectivity index (χ3v) is 15.3. The number of imidazole rings is 1. The minimum absolute atomic E-state index is 0.0312. The van der Waals surface area contributed by atoms with Crippen LogP contribution in [-0.2, 0) is 56.4 Å². The van der Waals surface area contributed by atoms with Gasteiger partial charge in [-0.05, 0) is 24.9 Å². The fraction of sp³-hybridized carbons (Fsp3) is 0.714. The minimum atomic E-state index is -5.95. The molecule has 0 aromatic carbocycles. The zero-order chi connectivity index (χ0) is 44.0. The van der Waals surface area contributed by atoms with Crippen molar-refractivity contribution in [2.75, 3.05) is 49.3 Å². The number of nitrogens with two attached hydrogens (primary N) is 1. The number of ether oxygens (including phenoxy) is 1. The van der Waals surface area contributed by atoms with Crippen molar-refractivity contribution in [3.63, 3.8) is 0 Å². The van der Waals surface area contributed by atoms with Gasteiger partial charge in [0.15, 0.2) is 26.6 Å². The molecular formula is C28H42N7O18P3S3-4. The van der Waals surface area contributed by atoms with Crippen LogP contribution in [-0.4, -0.2) is 124 Å². The summed E-state index contributed by atoms with van der Waals surface area (Å²) in [5.41, 5.74) is 1.99. The molecule has 4 rings (SSSR count). The van der Waals surface area contributed by atoms with Gasteiger partial charge >= 0.3 is 0 Å². The van der Waals surface area contributed by atoms with Gasteiger partial charge < -0.3 is 74.1 Å². The van der Waals surface area contributed by atoms with Gasteiger partial charge in [0.1, 0.15) is 36.3 Å². The van der Waals surface area contributed by atoms with Crippen molar-refractivity contribution in [1.29, 1.82) is 0 Å². The summed E-state index contributed by atoms with van der Waals surface area (Å²) in [6, 6.07) is 0. The van der Waals surface area contributed by atoms with E-state index >= 15 is 0 Å². The highest BCUT2D eigenvalue weighted by molar-refractivity contribution is 8.19. The Bertz CT molecular complexity index is 1970. The van der Waals surface area contributed by atoms with E-state index < -0.39 is 88.3 Å². The maximum Gasteiger partial charge on any atom is 0.274 e. The van der Waals surface area contributed by atoms with Crippen molar-refractivity contribution in [3.05, 3.63) is 12.7 Å². The van der Waals surface area contributed by atoms with Gasteiger partial charge in [-0.15, -0.1) is 23.5 Å². The van der Waals surface area contributed by atoms with Crippen LogP contribution in [0.1, 0.15) is 40.0 Å². The summed E-state index contributed by atoms with van der Waals surface area (Å²) in [6.45, 7) is 1.13. The quantitative estimate of drug-likeness (QED) is 0.0544. The third-order valence-electron chi connectivity index (χ3n) is 8.54. The fourth-order valence-electron chi connectivity index (χ4n) is 5.48. The lowest BCUT2D eigenvalue weighted by molar-refractivity contribution is -0.347. The van der Waals surface area contributed by atoms with Gasteiger partial charge in [-0.1, -0.05) is 25.6 Å². The van der Waals surface area contributed by atoms with Crippen LogP contribution in [0.2, 0.25) is 0 Å². The van der Waals surface area contributed by atoms with E-state index in [-0.39, 0.29) is 53.8 Å². The number of carbonyl (C=O) groups is 3. The second-order valence-corrected chi connectivity index (χ2v) is 21.9. The molecule has 334 valence electrons. The van der Waals surface area contributed by atoms with Crippen LogP contribution in [0.5, 0.6) is 0 Å². The van der Waals surface area contributed by atoms with E-state index in [2.05, 4.69) is 43.5 Å². The lowest BCUT2D eigenvalue weighted by atomic mass is 9.87. The minimum Gasteiger partial charge on any atom is -0.790 e. The lowest BCUT2D eigenvalue weighted by Gasteiger charge is -2.36. The molecule has 2 aliphatic heterocycles. The average Bonchev–Trinajstić information content (AvgIpc) is 3.67. The van der Waals surface area contributed by atoms with Crippen LogP contribution in [0.4, 0.5) is 5.82 Å². The number of nitrogens with zero attached hydrogens (tertiary/aromatic N) is 4. The maximum absolute atomic E-state index is 12.6. The van der Waals surface area contributed by atoms with E-state index in [0.29, 0.717) is 0 Å². The van der Waals surface area contributed by atoms with E-state index in [4.69, 9.17) is 10.5 Å². The Morgan fingerprint density at radius 1 is 1.10 bits per heavy atom. The molecule has 0 aliphatic carbocycles. The molecule has 59 heavy (non-hydrogen) atoms. The second kappa shape index (κ2) is 20.2. The number of rotatable bonds is 21. The van der Waals surface area contributed by atoms with Gasteiger partial charge in [-0.2, -0.15) is 0 Å². The van der Waals surface area contributed by atoms with Gasteiger partial charge in [-0.25, -0.2) is 19.3 Å². The lowest BCUT2D eigenvalue weighted by Crippen LogP contribution is -2.46. The molecule has 4 heterocycles. The summed E-state index contributed by atoms with van der Waals surface area (Å²) in [5, 5.41) is 36.7. The standard InChI is InChI=1S/C28H46N7O18P3S3/c1-26(2,22(39)25(40)31-6-5-17(36)30-7-10-57-18(37)11-28(41)58-8-4-9-59-28)13-50-56(47,48)53-55(45,46)49-12-16-20(52-54(42,43)44)21(38)27(3,51-16)35-15-34-19-23(29)32-14-33-24(19)35/h14-16,20-22,38-39,41H,4-13H2,1-3H3,(H,30,36)(H,31,40)(H,45,46)(H,47,48)(H2,29,32,33)(H2,42,43,44)/p-4. The molecule has 7 N–H and O–H groups in total. The number of phosphoric ester groups is 3. The van der Waals surface area contributed by atoms with Crippen molar-refractivity contribution in [2.45, 2.75) is 74.4 Å². The van der Waals surface area contributed by atoms with Gasteiger partial charge in [0.05, 0.1) is 33.8 Å². The molecule has 2 aromatic heterocycles. The number of anilines is 1. The SMILES string of the molecule is CC(C)(COP(=O)([O-])OP(=O)([O-])OCC1OC(C)(n2cnc3c(N)ncnc32)C(O)C1OP(=O)([O-])[O-])C(O)C(=O)NCCC(=O)NCCSC(=O)CC1(O)SCCCS1. The summed E-state index contributed by atoms with van der Waals surface area (Å²) < 4.78 is 60.0. The van der Waals surface area contributed by atoms with Gasteiger partial charge in [0.25, 0.3) is 15.6 Å². The fourth-order valence-corrected chi connectivity index (χ4v) is 11.8. The molecule has 2 amide bonds. The first kappa shape index (κ1) is 49.9. The van der Waals surface area contributed by atoms with Crippen LogP contribution in [0.15, 0.2) is 12.7 Å². The predicted molar refractivity (Wildman–Crippen MR) is 202 cm³/mol. The van der Waals surface area contributed by atoms with Gasteiger partial charge in [-0.3, -0.25) is 28.1 Å². The van der Waals surface area contributed by atoms with Crippen molar-refractivity contribution >= 4 is 92.7 Å². The highest BCUT2D eigenvalue weighted by Crippen LogP contribution is 2.57. The summed E-state index contributed by atoms with van der Waals surface area (Å²) in [7, 11) is -17.7. The average molecular weight is 954 g/mol. The largest absolute Gasteiger partial charge is 0.790 e. The number of aliphatic hydroxyl groups is 3. The predicted octanol–water partition coefficient (Wildman–Crippen LogP) is -2.78. The van der Waals surface area contributed by atoms with Crippen molar-refractivity contribution in [3.8, 4) is 0 Å². The monoisotopic (exact) mass is 953 g/mol. The number of aliphatic hydroxyl groups excluding tert-OH is 2. The first-order chi connectivity index (χ1) is 27.3. The highest BCUT2D eigenvalue weighted by atomic mass is 32.2. The van der Waals surface area contributed by atoms with E-state index in [0.717, 1.165) is 46.9 Å². The maximum atomic E-state index is 12.6. The molecule has 2 aromatic rings. The summed E-state index contributed by atoms with van der Waals surface area (Å²) >= 11 is 3.61. The van der Waals surface area contributed by atoms with E-state index in [1.165, 1.54) is 44.3 Å². The van der Waals surface area contributed by atoms with Crippen LogP contribution < -0.4 is 35.9 Å². The number of nitrogens with one attached hydrogen (secondary N) is 2. The molecule has 2 saturated heterocycles. The van der Waals surface area contributed by atoms with Crippen molar-refractivity contribution in [1.82, 2.24) is 30.2 Å².